The van der Waals surface area contributed by atoms with E-state index in [1.54, 1.807) is 0 Å². The molecule has 1 saturated carbocycles. The molecule has 4 atom stereocenters. The molecular formula is C21H29BO3. The highest BCUT2D eigenvalue weighted by molar-refractivity contribution is 6.21. The molecule has 25 heavy (non-hydrogen) atoms. The van der Waals surface area contributed by atoms with Gasteiger partial charge in [-0.1, -0.05) is 19.4 Å². The molecule has 3 aliphatic rings. The lowest BCUT2D eigenvalue weighted by Crippen LogP contribution is -2.44. The Morgan fingerprint density at radius 3 is 2.68 bits per heavy atom. The molecule has 4 heteroatoms. The lowest BCUT2D eigenvalue weighted by atomic mass is 9.69. The Morgan fingerprint density at radius 2 is 1.96 bits per heavy atom. The summed E-state index contributed by atoms with van der Waals surface area (Å²) in [6.45, 7) is 4.23. The van der Waals surface area contributed by atoms with Crippen LogP contribution in [0.25, 0.3) is 0 Å². The van der Waals surface area contributed by atoms with Gasteiger partial charge in [-0.3, -0.25) is 9.59 Å². The zero-order chi connectivity index (χ0) is 18.2. The molecule has 0 aromatic carbocycles. The Labute approximate surface area is 152 Å². The second kappa shape index (κ2) is 7.22. The van der Waals surface area contributed by atoms with E-state index >= 15 is 0 Å². The zero-order valence-corrected chi connectivity index (χ0v) is 15.5. The molecular weight excluding hydrogens is 311 g/mol. The lowest BCUT2D eigenvalue weighted by Gasteiger charge is -2.35. The molecule has 0 spiro atoms. The van der Waals surface area contributed by atoms with Crippen LogP contribution in [0.4, 0.5) is 0 Å². The third-order valence-corrected chi connectivity index (χ3v) is 6.90. The minimum atomic E-state index is -1.29. The quantitative estimate of drug-likeness (QED) is 0.780. The Bertz CT molecular complexity index is 633. The number of hydrogen-bond acceptors (Lipinski definition) is 3. The second-order valence-corrected chi connectivity index (χ2v) is 8.29. The van der Waals surface area contributed by atoms with Gasteiger partial charge in [-0.25, -0.2) is 0 Å². The number of aliphatic hydroxyl groups is 1. The summed E-state index contributed by atoms with van der Waals surface area (Å²) in [6, 6.07) is 0. The minimum Gasteiger partial charge on any atom is -0.382 e. The fourth-order valence-corrected chi connectivity index (χ4v) is 5.12. The molecule has 1 fully saturated rings. The van der Waals surface area contributed by atoms with Crippen LogP contribution in [0.2, 0.25) is 6.32 Å². The standard InChI is InChI=1S/C21H29BO3/c1-13-9-10-21(25,20(24)12-22)14(2)3-6-19-17(13)7-4-15-11-16(23)5-8-18(15)19/h11,13-14,17,25H,3-10,12H2,1-2H3/t13?,14-,17?,21+/m0/s1. The normalized spacial score (nSPS) is 36.5. The number of hydrogen-bond donors (Lipinski definition) is 1. The second-order valence-electron chi connectivity index (χ2n) is 8.29. The van der Waals surface area contributed by atoms with Crippen molar-refractivity contribution in [2.24, 2.45) is 17.8 Å². The van der Waals surface area contributed by atoms with E-state index in [1.165, 1.54) is 16.7 Å². The highest BCUT2D eigenvalue weighted by atomic mass is 16.3. The van der Waals surface area contributed by atoms with Crippen molar-refractivity contribution < 1.29 is 14.7 Å². The van der Waals surface area contributed by atoms with Crippen LogP contribution in [-0.4, -0.2) is 30.1 Å². The van der Waals surface area contributed by atoms with Crippen LogP contribution < -0.4 is 0 Å². The Balaban J connectivity index is 1.95. The molecule has 2 unspecified atom stereocenters. The van der Waals surface area contributed by atoms with Crippen LogP contribution in [0, 0.1) is 17.8 Å². The Kier molecular flexibility index (Phi) is 5.38. The van der Waals surface area contributed by atoms with Gasteiger partial charge < -0.3 is 5.11 Å². The predicted octanol–water partition coefficient (Wildman–Crippen LogP) is 3.72. The van der Waals surface area contributed by atoms with Crippen molar-refractivity contribution in [1.29, 1.82) is 0 Å². The van der Waals surface area contributed by atoms with Crippen LogP contribution in [0.5, 0.6) is 0 Å². The highest BCUT2D eigenvalue weighted by Crippen LogP contribution is 2.47. The van der Waals surface area contributed by atoms with Crippen LogP contribution in [0.3, 0.4) is 0 Å². The van der Waals surface area contributed by atoms with Gasteiger partial charge in [0.15, 0.2) is 11.6 Å². The van der Waals surface area contributed by atoms with E-state index < -0.39 is 5.60 Å². The van der Waals surface area contributed by atoms with Crippen molar-refractivity contribution in [1.82, 2.24) is 0 Å². The maximum absolute atomic E-state index is 12.3. The number of ketones is 2. The van der Waals surface area contributed by atoms with Crippen LogP contribution in [0.15, 0.2) is 22.8 Å². The molecule has 0 aliphatic heterocycles. The molecule has 3 rings (SSSR count). The van der Waals surface area contributed by atoms with E-state index in [-0.39, 0.29) is 23.8 Å². The summed E-state index contributed by atoms with van der Waals surface area (Å²) in [6.07, 6.45) is 8.37. The van der Waals surface area contributed by atoms with Crippen molar-refractivity contribution in [3.05, 3.63) is 22.8 Å². The maximum atomic E-state index is 12.3. The summed E-state index contributed by atoms with van der Waals surface area (Å²) in [5.41, 5.74) is 2.86. The van der Waals surface area contributed by atoms with Gasteiger partial charge in [-0.2, -0.15) is 0 Å². The Hall–Kier alpha value is -1.16. The smallest absolute Gasteiger partial charge is 0.156 e. The van der Waals surface area contributed by atoms with Gasteiger partial charge in [0.1, 0.15) is 5.60 Å². The predicted molar refractivity (Wildman–Crippen MR) is 99.4 cm³/mol. The Morgan fingerprint density at radius 1 is 1.20 bits per heavy atom. The van der Waals surface area contributed by atoms with E-state index in [0.717, 1.165) is 38.5 Å². The molecule has 3 nitrogen and oxygen atoms in total. The minimum absolute atomic E-state index is 0.0952. The first-order valence-electron chi connectivity index (χ1n) is 9.78. The van der Waals surface area contributed by atoms with Crippen molar-refractivity contribution in [2.45, 2.75) is 77.1 Å². The van der Waals surface area contributed by atoms with Gasteiger partial charge in [0, 0.05) is 6.42 Å². The van der Waals surface area contributed by atoms with Crippen LogP contribution in [0.1, 0.15) is 65.2 Å². The third-order valence-electron chi connectivity index (χ3n) is 6.90. The molecule has 1 N–H and O–H groups in total. The maximum Gasteiger partial charge on any atom is 0.156 e. The first-order chi connectivity index (χ1) is 11.9. The summed E-state index contributed by atoms with van der Waals surface area (Å²) in [5, 5.41) is 11.1. The SMILES string of the molecule is [B]CC(=O)[C@@]1(O)CCC(C)C2CCC3=CC(=O)CCC3=C2CC[C@@H]1C. The molecule has 2 radical (unpaired) electrons. The summed E-state index contributed by atoms with van der Waals surface area (Å²) < 4.78 is 0. The lowest BCUT2D eigenvalue weighted by molar-refractivity contribution is -0.142. The van der Waals surface area contributed by atoms with Gasteiger partial charge in [0.2, 0.25) is 0 Å². The molecule has 0 bridgehead atoms. The number of rotatable bonds is 2. The summed E-state index contributed by atoms with van der Waals surface area (Å²) >= 11 is 0. The molecule has 0 aromatic rings. The first-order valence-corrected chi connectivity index (χ1v) is 9.78. The van der Waals surface area contributed by atoms with Crippen LogP contribution in [-0.2, 0) is 9.59 Å². The fourth-order valence-electron chi connectivity index (χ4n) is 5.12. The zero-order valence-electron chi connectivity index (χ0n) is 15.5. The largest absolute Gasteiger partial charge is 0.382 e. The van der Waals surface area contributed by atoms with Crippen molar-refractivity contribution in [3.63, 3.8) is 0 Å². The average molecular weight is 340 g/mol. The summed E-state index contributed by atoms with van der Waals surface area (Å²) in [7, 11) is 5.57. The molecule has 0 heterocycles. The summed E-state index contributed by atoms with van der Waals surface area (Å²) in [5.74, 6) is 0.887. The van der Waals surface area contributed by atoms with Gasteiger partial charge >= 0.3 is 0 Å². The van der Waals surface area contributed by atoms with Gasteiger partial charge in [0.25, 0.3) is 0 Å². The first kappa shape index (κ1) is 18.6. The average Bonchev–Trinajstić information content (AvgIpc) is 2.65. The highest BCUT2D eigenvalue weighted by Gasteiger charge is 2.42. The van der Waals surface area contributed by atoms with E-state index in [4.69, 9.17) is 7.85 Å². The van der Waals surface area contributed by atoms with E-state index in [0.29, 0.717) is 24.7 Å². The number of carbonyl (C=O) groups is 2. The monoisotopic (exact) mass is 340 g/mol. The molecule has 0 amide bonds. The van der Waals surface area contributed by atoms with Gasteiger partial charge in [-0.05, 0) is 86.2 Å². The van der Waals surface area contributed by atoms with Crippen LogP contribution >= 0.6 is 0 Å². The fraction of sp³-hybridized carbons (Fsp3) is 0.714. The van der Waals surface area contributed by atoms with E-state index in [2.05, 4.69) is 6.92 Å². The molecule has 0 saturated heterocycles. The van der Waals surface area contributed by atoms with Gasteiger partial charge in [0.05, 0.1) is 7.85 Å². The molecule has 3 aliphatic carbocycles. The van der Waals surface area contributed by atoms with Crippen molar-refractivity contribution >= 4 is 19.4 Å². The van der Waals surface area contributed by atoms with Gasteiger partial charge in [-0.15, -0.1) is 0 Å². The number of allylic oxidation sites excluding steroid dienone is 4. The number of fused-ring (bicyclic) bond motifs is 2. The van der Waals surface area contributed by atoms with Crippen molar-refractivity contribution in [2.75, 3.05) is 0 Å². The molecule has 0 aromatic heterocycles. The van der Waals surface area contributed by atoms with E-state index in [1.807, 2.05) is 13.0 Å². The third kappa shape index (κ3) is 3.42. The molecule has 134 valence electrons. The summed E-state index contributed by atoms with van der Waals surface area (Å²) in [4.78, 5) is 24.1. The topological polar surface area (TPSA) is 54.4 Å². The van der Waals surface area contributed by atoms with E-state index in [9.17, 15) is 14.7 Å². The number of Topliss-reactive ketones (excluding diaryl/α,β-unsaturated/α-hetero) is 1. The van der Waals surface area contributed by atoms with Crippen molar-refractivity contribution in [3.8, 4) is 0 Å². The number of carbonyl (C=O) groups excluding carboxylic acids is 2.